The average Bonchev–Trinajstić information content (AvgIpc) is 0.970. The fourth-order valence-electron chi connectivity index (χ4n) is 11.6. The molecule has 9 nitrogen and oxygen atoms in total. The molecule has 0 aromatic carbocycles. The van der Waals surface area contributed by atoms with Crippen molar-refractivity contribution in [2.75, 3.05) is 26.4 Å². The summed E-state index contributed by atoms with van der Waals surface area (Å²) >= 11 is 0. The lowest BCUT2D eigenvalue weighted by atomic mass is 10.0. The maximum absolute atomic E-state index is 12.8. The zero-order valence-corrected chi connectivity index (χ0v) is 67.1. The fourth-order valence-corrected chi connectivity index (χ4v) is 12.3. The van der Waals surface area contributed by atoms with E-state index in [1.165, 1.54) is 193 Å². The summed E-state index contributed by atoms with van der Waals surface area (Å²) in [5, 5.41) is 0. The Kier molecular flexibility index (Phi) is 81.9. The first-order valence-corrected chi connectivity index (χ1v) is 43.8. The molecule has 0 heterocycles. The summed E-state index contributed by atoms with van der Waals surface area (Å²) in [5.41, 5.74) is 5.41. The highest BCUT2D eigenvalue weighted by atomic mass is 31.2. The molecule has 0 saturated carbocycles. The Balaban J connectivity index is 3.89. The molecule has 0 aliphatic carbocycles. The van der Waals surface area contributed by atoms with Crippen molar-refractivity contribution in [3.05, 3.63) is 182 Å². The number of hydrogen-bond acceptors (Lipinski definition) is 8. The van der Waals surface area contributed by atoms with Gasteiger partial charge in [0.1, 0.15) is 6.61 Å². The Labute approximate surface area is 634 Å². The average molecular weight is 1450 g/mol. The molecule has 0 aromatic heterocycles. The van der Waals surface area contributed by atoms with E-state index in [1.54, 1.807) is 0 Å². The van der Waals surface area contributed by atoms with Crippen molar-refractivity contribution in [1.82, 2.24) is 0 Å². The Morgan fingerprint density at radius 1 is 0.301 bits per heavy atom. The second-order valence-corrected chi connectivity index (χ2v) is 29.1. The lowest BCUT2D eigenvalue weighted by molar-refractivity contribution is -0.161. The monoisotopic (exact) mass is 1450 g/mol. The van der Waals surface area contributed by atoms with Crippen LogP contribution in [0.3, 0.4) is 0 Å². The highest BCUT2D eigenvalue weighted by molar-refractivity contribution is 7.47. The first kappa shape index (κ1) is 98.1. The molecule has 10 heteroatoms. The topological polar surface area (TPSA) is 134 Å². The van der Waals surface area contributed by atoms with Crippen LogP contribution >= 0.6 is 7.82 Å². The Morgan fingerprint density at radius 3 is 0.796 bits per heavy atom. The van der Waals surface area contributed by atoms with Crippen LogP contribution in [0.5, 0.6) is 0 Å². The molecular formula is C93H156NO8P. The van der Waals surface area contributed by atoms with E-state index in [0.29, 0.717) is 6.42 Å². The molecule has 0 radical (unpaired) electrons. The summed E-state index contributed by atoms with van der Waals surface area (Å²) in [4.78, 5) is 35.5. The zero-order chi connectivity index (χ0) is 74.3. The number of phosphoric ester groups is 1. The number of hydrogen-bond donors (Lipinski definition) is 2. The molecular weight excluding hydrogens is 1290 g/mol. The van der Waals surface area contributed by atoms with Gasteiger partial charge in [0.25, 0.3) is 0 Å². The van der Waals surface area contributed by atoms with Gasteiger partial charge in [-0.15, -0.1) is 0 Å². The number of ether oxygens (including phenoxy) is 2. The smallest absolute Gasteiger partial charge is 0.462 e. The Morgan fingerprint density at radius 2 is 0.534 bits per heavy atom. The van der Waals surface area contributed by atoms with Crippen molar-refractivity contribution in [1.29, 1.82) is 0 Å². The largest absolute Gasteiger partial charge is 0.472 e. The fraction of sp³-hybridized carbons (Fsp3) is 0.656. The number of unbranched alkanes of at least 4 members (excludes halogenated alkanes) is 35. The molecule has 586 valence electrons. The van der Waals surface area contributed by atoms with Gasteiger partial charge in [-0.1, -0.05) is 389 Å². The molecule has 0 spiro atoms. The van der Waals surface area contributed by atoms with Gasteiger partial charge in [0.15, 0.2) is 6.10 Å². The van der Waals surface area contributed by atoms with E-state index in [2.05, 4.69) is 196 Å². The molecule has 0 bridgehead atoms. The van der Waals surface area contributed by atoms with E-state index in [4.69, 9.17) is 24.3 Å². The first-order valence-electron chi connectivity index (χ1n) is 42.3. The van der Waals surface area contributed by atoms with Crippen molar-refractivity contribution in [2.45, 2.75) is 367 Å². The Bertz CT molecular complexity index is 2360. The minimum Gasteiger partial charge on any atom is -0.462 e. The van der Waals surface area contributed by atoms with Gasteiger partial charge in [0.05, 0.1) is 13.2 Å². The maximum atomic E-state index is 12.8. The van der Waals surface area contributed by atoms with Gasteiger partial charge < -0.3 is 20.1 Å². The second-order valence-electron chi connectivity index (χ2n) is 27.6. The number of esters is 2. The number of carbonyl (C=O) groups is 2. The summed E-state index contributed by atoms with van der Waals surface area (Å²) in [6.45, 7) is 3.61. The van der Waals surface area contributed by atoms with E-state index >= 15 is 0 Å². The lowest BCUT2D eigenvalue weighted by Crippen LogP contribution is -2.29. The molecule has 0 aromatic rings. The lowest BCUT2D eigenvalue weighted by Gasteiger charge is -2.19. The number of allylic oxidation sites excluding steroid dienone is 30. The van der Waals surface area contributed by atoms with Crippen molar-refractivity contribution < 1.29 is 37.6 Å². The molecule has 2 atom stereocenters. The summed E-state index contributed by atoms with van der Waals surface area (Å²) in [6, 6.07) is 0. The van der Waals surface area contributed by atoms with Crippen molar-refractivity contribution in [2.24, 2.45) is 5.73 Å². The third-order valence-corrected chi connectivity index (χ3v) is 18.8. The van der Waals surface area contributed by atoms with Gasteiger partial charge >= 0.3 is 19.8 Å². The zero-order valence-electron chi connectivity index (χ0n) is 66.2. The molecule has 3 N–H and O–H groups in total. The van der Waals surface area contributed by atoms with Crippen LogP contribution in [0.1, 0.15) is 361 Å². The molecule has 103 heavy (non-hydrogen) atoms. The van der Waals surface area contributed by atoms with E-state index in [9.17, 15) is 19.0 Å². The molecule has 0 saturated heterocycles. The van der Waals surface area contributed by atoms with Crippen LogP contribution in [0.15, 0.2) is 182 Å². The van der Waals surface area contributed by atoms with Gasteiger partial charge in [-0.25, -0.2) is 4.57 Å². The van der Waals surface area contributed by atoms with Gasteiger partial charge in [0, 0.05) is 19.4 Å². The minimum absolute atomic E-state index is 0.0418. The van der Waals surface area contributed by atoms with Gasteiger partial charge in [-0.3, -0.25) is 18.6 Å². The number of nitrogens with two attached hydrogens (primary N) is 1. The van der Waals surface area contributed by atoms with Gasteiger partial charge in [-0.2, -0.15) is 0 Å². The van der Waals surface area contributed by atoms with E-state index in [-0.39, 0.29) is 38.6 Å². The maximum Gasteiger partial charge on any atom is 0.472 e. The van der Waals surface area contributed by atoms with Crippen molar-refractivity contribution >= 4 is 19.8 Å². The highest BCUT2D eigenvalue weighted by Crippen LogP contribution is 2.43. The van der Waals surface area contributed by atoms with E-state index < -0.39 is 26.5 Å². The molecule has 0 aliphatic heterocycles. The number of rotatable bonds is 78. The molecule has 0 rings (SSSR count). The van der Waals surface area contributed by atoms with Gasteiger partial charge in [-0.05, 0) is 141 Å². The summed E-state index contributed by atoms with van der Waals surface area (Å²) in [6.07, 6.45) is 129. The quantitative estimate of drug-likeness (QED) is 0.0264. The molecule has 0 aliphatic rings. The predicted molar refractivity (Wildman–Crippen MR) is 449 cm³/mol. The molecule has 0 amide bonds. The van der Waals surface area contributed by atoms with E-state index in [0.717, 1.165) is 135 Å². The highest BCUT2D eigenvalue weighted by Gasteiger charge is 2.26. The minimum atomic E-state index is -4.42. The first-order chi connectivity index (χ1) is 50.8. The molecule has 0 fully saturated rings. The number of phosphoric acid groups is 1. The van der Waals surface area contributed by atoms with Crippen LogP contribution < -0.4 is 5.73 Å². The summed E-state index contributed by atoms with van der Waals surface area (Å²) < 4.78 is 33.3. The van der Waals surface area contributed by atoms with Crippen LogP contribution in [0, 0.1) is 0 Å². The van der Waals surface area contributed by atoms with E-state index in [1.807, 2.05) is 0 Å². The normalized spacial score (nSPS) is 13.8. The van der Waals surface area contributed by atoms with Crippen LogP contribution in [0.2, 0.25) is 0 Å². The summed E-state index contributed by atoms with van der Waals surface area (Å²) in [7, 11) is -4.42. The van der Waals surface area contributed by atoms with Crippen LogP contribution in [0.25, 0.3) is 0 Å². The summed E-state index contributed by atoms with van der Waals surface area (Å²) in [5.74, 6) is -0.856. The van der Waals surface area contributed by atoms with Crippen LogP contribution in [-0.4, -0.2) is 49.3 Å². The molecule has 2 unspecified atom stereocenters. The third-order valence-electron chi connectivity index (χ3n) is 17.8. The van der Waals surface area contributed by atoms with Crippen molar-refractivity contribution in [3.8, 4) is 0 Å². The Hall–Kier alpha value is -4.89. The van der Waals surface area contributed by atoms with Crippen LogP contribution in [-0.2, 0) is 32.7 Å². The van der Waals surface area contributed by atoms with Crippen LogP contribution in [0.4, 0.5) is 0 Å². The third kappa shape index (κ3) is 85.9. The van der Waals surface area contributed by atoms with Crippen molar-refractivity contribution in [3.63, 3.8) is 0 Å². The standard InChI is InChI=1S/C93H156NO8P/c1-3-5-7-9-11-13-15-17-19-21-23-25-27-29-31-33-35-37-39-41-43-45-47-49-51-53-55-57-59-61-63-65-67-69-71-73-75-77-79-81-83-85-92(95)99-89-91(90-101-103(97,98)100-88-87-94)102-93(96)86-84-82-80-78-76-74-72-70-68-66-64-62-60-58-56-54-52-50-48-46-44-42-40-38-36-34-32-30-28-26-24-22-20-18-16-14-12-10-8-6-4-2/h6,8,12,14-15,17-18,20-21,23-24,26-27,29-30,32,36,38,42,44,48,50,54,56,60,62,66,68,72,74,91H,3-5,7,9-11,13,16,19,22,25,28,31,33-35,37,39-41,43,45-47,49,51-53,55,57-59,61,63-65,67,69-71,73,75-90,94H2,1-2H3,(H,97,98)/b8-6-,14-12-,17-15-,20-18-,23-21-,26-24-,29-27-,32-30-,38-36-,44-42-,50-48-,56-54-,62-60-,68-66-,74-72-. The predicted octanol–water partition coefficient (Wildman–Crippen LogP) is 29.0. The SMILES string of the molecule is CC/C=C\C/C=C\C/C=C\C/C=C\C/C=C\C/C=C\C/C=C\C/C=C\C/C=C\C/C=C\C/C=C\C/C=C\CCCCCCC(=O)OC(COC(=O)CCCCCCCCCCCCCCCCCCCCCCCCCCCC/C=C\C/C=C\C/C=C\CCCCCCC)COP(=O)(O)OCCN. The number of carbonyl (C=O) groups excluding carboxylic acids is 2. The second kappa shape index (κ2) is 86.0. The van der Waals surface area contributed by atoms with Gasteiger partial charge in [0.2, 0.25) is 0 Å².